The second-order valence-corrected chi connectivity index (χ2v) is 2.82. The van der Waals surface area contributed by atoms with Gasteiger partial charge < -0.3 is 9.94 Å². The maximum Gasteiger partial charge on any atom is 0.354 e. The highest BCUT2D eigenvalue weighted by molar-refractivity contribution is 6.36. The first-order valence-electron chi connectivity index (χ1n) is 3.74. The van der Waals surface area contributed by atoms with Crippen molar-refractivity contribution in [2.24, 2.45) is 16.1 Å². The third-order valence-corrected chi connectivity index (χ3v) is 2.07. The Morgan fingerprint density at radius 2 is 2.58 bits per heavy atom. The second-order valence-electron chi connectivity index (χ2n) is 2.82. The van der Waals surface area contributed by atoms with Crippen molar-refractivity contribution in [1.82, 2.24) is 0 Å². The fourth-order valence-electron chi connectivity index (χ4n) is 1.42. The molecule has 5 nitrogen and oxygen atoms in total. The molecule has 0 aromatic carbocycles. The molecule has 2 heterocycles. The number of aliphatic carboxylic acids is 1. The van der Waals surface area contributed by atoms with Gasteiger partial charge in [0, 0.05) is 12.6 Å². The molecule has 0 fully saturated rings. The maximum atomic E-state index is 10.6. The van der Waals surface area contributed by atoms with E-state index >= 15 is 0 Å². The number of carbonyl (C=O) groups is 1. The first kappa shape index (κ1) is 7.27. The zero-order chi connectivity index (χ0) is 8.55. The number of rotatable bonds is 1. The summed E-state index contributed by atoms with van der Waals surface area (Å²) in [6.07, 6.45) is 2.31. The molecule has 64 valence electrons. The zero-order valence-electron chi connectivity index (χ0n) is 6.30. The van der Waals surface area contributed by atoms with Crippen molar-refractivity contribution in [2.75, 3.05) is 6.54 Å². The van der Waals surface area contributed by atoms with E-state index in [0.717, 1.165) is 0 Å². The minimum Gasteiger partial charge on any atom is -0.477 e. The van der Waals surface area contributed by atoms with Gasteiger partial charge in [0.2, 0.25) is 0 Å². The molecule has 0 aliphatic carbocycles. The number of nitrogens with zero attached hydrogens (tertiary/aromatic N) is 2. The quantitative estimate of drug-likeness (QED) is 0.595. The van der Waals surface area contributed by atoms with Crippen molar-refractivity contribution in [3.63, 3.8) is 0 Å². The standard InChI is InChI=1S/C7H8N2O3/c10-7(11)6-4-3-8-2-1-5(4)12-9-6/h2,4-5H,1,3H2,(H,10,11). The van der Waals surface area contributed by atoms with Crippen molar-refractivity contribution in [3.05, 3.63) is 0 Å². The Hall–Kier alpha value is -1.39. The number of hydrogen-bond acceptors (Lipinski definition) is 4. The molecule has 0 aromatic rings. The Morgan fingerprint density at radius 1 is 1.75 bits per heavy atom. The van der Waals surface area contributed by atoms with Crippen molar-refractivity contribution in [1.29, 1.82) is 0 Å². The van der Waals surface area contributed by atoms with Gasteiger partial charge in [0.15, 0.2) is 5.71 Å². The molecule has 1 N–H and O–H groups in total. The topological polar surface area (TPSA) is 71.2 Å². The Bertz CT molecular complexity index is 272. The average molecular weight is 168 g/mol. The summed E-state index contributed by atoms with van der Waals surface area (Å²) in [5, 5.41) is 12.2. The lowest BCUT2D eigenvalue weighted by atomic mass is 9.94. The Balaban J connectivity index is 2.19. The molecule has 2 aliphatic heterocycles. The van der Waals surface area contributed by atoms with Gasteiger partial charge in [0.25, 0.3) is 0 Å². The summed E-state index contributed by atoms with van der Waals surface area (Å²) in [4.78, 5) is 19.5. The molecule has 0 bridgehead atoms. The first-order chi connectivity index (χ1) is 5.79. The summed E-state index contributed by atoms with van der Waals surface area (Å²) in [5.41, 5.74) is 0.108. The summed E-state index contributed by atoms with van der Waals surface area (Å²) in [6, 6.07) is 0. The second kappa shape index (κ2) is 2.58. The van der Waals surface area contributed by atoms with Gasteiger partial charge in [-0.2, -0.15) is 0 Å². The van der Waals surface area contributed by atoms with Crippen LogP contribution >= 0.6 is 0 Å². The van der Waals surface area contributed by atoms with Crippen LogP contribution in [0.5, 0.6) is 0 Å². The predicted octanol–water partition coefficient (Wildman–Crippen LogP) is -0.0835. The van der Waals surface area contributed by atoms with E-state index in [-0.39, 0.29) is 17.7 Å². The van der Waals surface area contributed by atoms with Crippen LogP contribution in [-0.4, -0.2) is 35.7 Å². The molecule has 0 spiro atoms. The maximum absolute atomic E-state index is 10.6. The van der Waals surface area contributed by atoms with Crippen LogP contribution in [-0.2, 0) is 9.63 Å². The van der Waals surface area contributed by atoms with Crippen LogP contribution < -0.4 is 0 Å². The molecule has 0 amide bonds. The Kier molecular flexibility index (Phi) is 1.56. The minimum atomic E-state index is -1.00. The predicted molar refractivity (Wildman–Crippen MR) is 41.4 cm³/mol. The summed E-state index contributed by atoms with van der Waals surface area (Å²) in [7, 11) is 0. The van der Waals surface area contributed by atoms with Crippen LogP contribution in [0.3, 0.4) is 0 Å². The number of carboxylic acid groups (broad SMARTS) is 1. The van der Waals surface area contributed by atoms with Crippen LogP contribution in [0.4, 0.5) is 0 Å². The molecule has 2 rings (SSSR count). The van der Waals surface area contributed by atoms with E-state index in [1.54, 1.807) is 6.21 Å². The van der Waals surface area contributed by atoms with E-state index in [4.69, 9.17) is 9.94 Å². The lowest BCUT2D eigenvalue weighted by Crippen LogP contribution is -2.33. The highest BCUT2D eigenvalue weighted by atomic mass is 16.6. The van der Waals surface area contributed by atoms with Crippen molar-refractivity contribution in [3.8, 4) is 0 Å². The third-order valence-electron chi connectivity index (χ3n) is 2.07. The first-order valence-corrected chi connectivity index (χ1v) is 3.74. The van der Waals surface area contributed by atoms with E-state index in [1.807, 2.05) is 0 Å². The Morgan fingerprint density at radius 3 is 3.33 bits per heavy atom. The van der Waals surface area contributed by atoms with E-state index in [0.29, 0.717) is 13.0 Å². The zero-order valence-corrected chi connectivity index (χ0v) is 6.30. The molecule has 0 saturated carbocycles. The van der Waals surface area contributed by atoms with Crippen LogP contribution in [0.1, 0.15) is 6.42 Å². The largest absolute Gasteiger partial charge is 0.477 e. The van der Waals surface area contributed by atoms with Crippen molar-refractivity contribution >= 4 is 17.9 Å². The molecule has 0 radical (unpaired) electrons. The van der Waals surface area contributed by atoms with Gasteiger partial charge in [-0.1, -0.05) is 5.16 Å². The highest BCUT2D eigenvalue weighted by Crippen LogP contribution is 2.23. The van der Waals surface area contributed by atoms with E-state index in [1.165, 1.54) is 0 Å². The number of oxime groups is 1. The lowest BCUT2D eigenvalue weighted by Gasteiger charge is -2.17. The van der Waals surface area contributed by atoms with Crippen LogP contribution in [0.15, 0.2) is 10.1 Å². The molecule has 0 aromatic heterocycles. The number of aliphatic imine (C=N–C) groups is 1. The molecule has 5 heteroatoms. The minimum absolute atomic E-state index is 0.103. The van der Waals surface area contributed by atoms with Gasteiger partial charge in [0.05, 0.1) is 12.5 Å². The average Bonchev–Trinajstić information content (AvgIpc) is 2.47. The number of hydrogen-bond donors (Lipinski definition) is 1. The van der Waals surface area contributed by atoms with Gasteiger partial charge in [-0.25, -0.2) is 4.79 Å². The van der Waals surface area contributed by atoms with Gasteiger partial charge in [0.1, 0.15) is 6.10 Å². The van der Waals surface area contributed by atoms with E-state index in [2.05, 4.69) is 10.1 Å². The molecule has 0 saturated heterocycles. The van der Waals surface area contributed by atoms with Crippen LogP contribution in [0, 0.1) is 5.92 Å². The van der Waals surface area contributed by atoms with Crippen molar-refractivity contribution in [2.45, 2.75) is 12.5 Å². The van der Waals surface area contributed by atoms with E-state index in [9.17, 15) is 4.79 Å². The molecule has 2 unspecified atom stereocenters. The summed E-state index contributed by atoms with van der Waals surface area (Å²) < 4.78 is 0. The number of carboxylic acids is 1. The number of fused-ring (bicyclic) bond motifs is 1. The fourth-order valence-corrected chi connectivity index (χ4v) is 1.42. The SMILES string of the molecule is O=C(O)C1=NOC2CC=NCC12. The molecule has 12 heavy (non-hydrogen) atoms. The fraction of sp³-hybridized carbons (Fsp3) is 0.571. The van der Waals surface area contributed by atoms with Gasteiger partial charge in [-0.15, -0.1) is 0 Å². The van der Waals surface area contributed by atoms with Crippen LogP contribution in [0.25, 0.3) is 0 Å². The smallest absolute Gasteiger partial charge is 0.354 e. The lowest BCUT2D eigenvalue weighted by molar-refractivity contribution is -0.129. The molecule has 2 atom stereocenters. The molecular weight excluding hydrogens is 160 g/mol. The normalized spacial score (nSPS) is 32.2. The van der Waals surface area contributed by atoms with Gasteiger partial charge in [-0.05, 0) is 0 Å². The Labute approximate surface area is 68.7 Å². The van der Waals surface area contributed by atoms with Gasteiger partial charge in [-0.3, -0.25) is 4.99 Å². The molecule has 2 aliphatic rings. The summed E-state index contributed by atoms with van der Waals surface area (Å²) in [5.74, 6) is -1.15. The van der Waals surface area contributed by atoms with Gasteiger partial charge >= 0.3 is 5.97 Å². The monoisotopic (exact) mass is 168 g/mol. The highest BCUT2D eigenvalue weighted by Gasteiger charge is 2.38. The van der Waals surface area contributed by atoms with Crippen molar-refractivity contribution < 1.29 is 14.7 Å². The van der Waals surface area contributed by atoms with E-state index < -0.39 is 5.97 Å². The summed E-state index contributed by atoms with van der Waals surface area (Å²) >= 11 is 0. The third kappa shape index (κ3) is 0.975. The van der Waals surface area contributed by atoms with Crippen LogP contribution in [0.2, 0.25) is 0 Å². The summed E-state index contributed by atoms with van der Waals surface area (Å²) in [6.45, 7) is 0.482. The molecular formula is C7H8N2O3.